The minimum atomic E-state index is -2.66. The van der Waals surface area contributed by atoms with E-state index in [1.165, 1.54) is 0 Å². The number of carbonyl (C=O) groups is 1. The Balaban J connectivity index is 1.71. The predicted molar refractivity (Wildman–Crippen MR) is 58.6 cm³/mol. The smallest absolute Gasteiger partial charge is 0.248 e. The van der Waals surface area contributed by atoms with Gasteiger partial charge in [-0.3, -0.25) is 4.79 Å². The van der Waals surface area contributed by atoms with Crippen molar-refractivity contribution in [1.82, 2.24) is 5.32 Å². The summed E-state index contributed by atoms with van der Waals surface area (Å²) in [5.74, 6) is -3.14. The van der Waals surface area contributed by atoms with Crippen molar-refractivity contribution in [2.24, 2.45) is 11.8 Å². The molecule has 0 bridgehead atoms. The second kappa shape index (κ2) is 4.88. The second-order valence-corrected chi connectivity index (χ2v) is 5.37. The molecule has 0 aromatic rings. The minimum absolute atomic E-state index is 0.173. The molecule has 3 nitrogen and oxygen atoms in total. The Hall–Kier alpha value is -0.710. The molecule has 98 valence electrons. The highest BCUT2D eigenvalue weighted by Crippen LogP contribution is 2.38. The number of hydrogen-bond donors (Lipinski definition) is 2. The van der Waals surface area contributed by atoms with E-state index in [1.807, 2.05) is 0 Å². The van der Waals surface area contributed by atoms with Crippen molar-refractivity contribution in [1.29, 1.82) is 0 Å². The van der Waals surface area contributed by atoms with Gasteiger partial charge >= 0.3 is 0 Å². The maximum Gasteiger partial charge on any atom is 0.248 e. The summed E-state index contributed by atoms with van der Waals surface area (Å²) >= 11 is 0. The first kappa shape index (κ1) is 12.7. The average Bonchev–Trinajstić information content (AvgIpc) is 2.81. The van der Waals surface area contributed by atoms with Gasteiger partial charge in [0.25, 0.3) is 0 Å². The standard InChI is InChI=1S/C12H19F2NO2/c13-12(14)4-3-9(6-12)11(17)15-7-8-1-2-10(16)5-8/h8-10,16H,1-7H2,(H,15,17). The van der Waals surface area contributed by atoms with E-state index >= 15 is 0 Å². The van der Waals surface area contributed by atoms with Crippen LogP contribution >= 0.6 is 0 Å². The van der Waals surface area contributed by atoms with E-state index in [-0.39, 0.29) is 31.3 Å². The fraction of sp³-hybridized carbons (Fsp3) is 0.917. The van der Waals surface area contributed by atoms with Crippen LogP contribution in [0.3, 0.4) is 0 Å². The van der Waals surface area contributed by atoms with Crippen molar-refractivity contribution in [2.45, 2.75) is 50.6 Å². The van der Waals surface area contributed by atoms with Crippen LogP contribution in [0.2, 0.25) is 0 Å². The van der Waals surface area contributed by atoms with Gasteiger partial charge in [0.15, 0.2) is 0 Å². The van der Waals surface area contributed by atoms with Gasteiger partial charge in [0, 0.05) is 25.3 Å². The van der Waals surface area contributed by atoms with E-state index in [4.69, 9.17) is 0 Å². The topological polar surface area (TPSA) is 49.3 Å². The highest BCUT2D eigenvalue weighted by atomic mass is 19.3. The number of aliphatic hydroxyl groups excluding tert-OH is 1. The van der Waals surface area contributed by atoms with Crippen molar-refractivity contribution >= 4 is 5.91 Å². The SMILES string of the molecule is O=C(NCC1CCC(O)C1)C1CCC(F)(F)C1. The minimum Gasteiger partial charge on any atom is -0.393 e. The molecular formula is C12H19F2NO2. The average molecular weight is 247 g/mol. The molecule has 0 heterocycles. The molecule has 0 saturated heterocycles. The van der Waals surface area contributed by atoms with E-state index in [1.54, 1.807) is 0 Å². The number of aliphatic hydroxyl groups is 1. The van der Waals surface area contributed by atoms with Crippen LogP contribution in [0.5, 0.6) is 0 Å². The number of amides is 1. The molecule has 3 atom stereocenters. The van der Waals surface area contributed by atoms with E-state index in [9.17, 15) is 18.7 Å². The quantitative estimate of drug-likeness (QED) is 0.797. The molecule has 2 fully saturated rings. The third-order valence-electron chi connectivity index (χ3n) is 3.85. The first-order valence-corrected chi connectivity index (χ1v) is 6.30. The van der Waals surface area contributed by atoms with Crippen LogP contribution in [0.1, 0.15) is 38.5 Å². The molecule has 2 aliphatic carbocycles. The number of hydrogen-bond acceptors (Lipinski definition) is 2. The summed E-state index contributed by atoms with van der Waals surface area (Å²) in [4.78, 5) is 11.7. The summed E-state index contributed by atoms with van der Waals surface area (Å²) in [6.07, 6.45) is 1.93. The summed E-state index contributed by atoms with van der Waals surface area (Å²) in [6.45, 7) is 0.512. The van der Waals surface area contributed by atoms with E-state index in [2.05, 4.69) is 5.32 Å². The van der Waals surface area contributed by atoms with Crippen LogP contribution in [-0.2, 0) is 4.79 Å². The van der Waals surface area contributed by atoms with Crippen molar-refractivity contribution in [3.8, 4) is 0 Å². The van der Waals surface area contributed by atoms with Gasteiger partial charge in [-0.15, -0.1) is 0 Å². The van der Waals surface area contributed by atoms with Crippen LogP contribution in [0.4, 0.5) is 8.78 Å². The number of alkyl halides is 2. The maximum atomic E-state index is 12.9. The lowest BCUT2D eigenvalue weighted by Crippen LogP contribution is -2.33. The van der Waals surface area contributed by atoms with Gasteiger partial charge < -0.3 is 10.4 Å². The molecule has 1 amide bonds. The van der Waals surface area contributed by atoms with Gasteiger partial charge in [-0.25, -0.2) is 8.78 Å². The number of nitrogens with one attached hydrogen (secondary N) is 1. The molecule has 3 unspecified atom stereocenters. The normalized spacial score (nSPS) is 36.1. The van der Waals surface area contributed by atoms with Gasteiger partial charge in [0.2, 0.25) is 11.8 Å². The molecular weight excluding hydrogens is 228 g/mol. The second-order valence-electron chi connectivity index (χ2n) is 5.37. The lowest BCUT2D eigenvalue weighted by molar-refractivity contribution is -0.126. The molecule has 0 aromatic heterocycles. The van der Waals surface area contributed by atoms with Gasteiger partial charge in [-0.05, 0) is 31.6 Å². The molecule has 0 spiro atoms. The number of halogens is 2. The van der Waals surface area contributed by atoms with Crippen molar-refractivity contribution in [3.63, 3.8) is 0 Å². The summed E-state index contributed by atoms with van der Waals surface area (Å²) in [5, 5.41) is 12.1. The first-order chi connectivity index (χ1) is 7.96. The fourth-order valence-electron chi connectivity index (χ4n) is 2.80. The Bertz CT molecular complexity index is 296. The number of carbonyl (C=O) groups excluding carboxylic acids is 1. The number of rotatable bonds is 3. The molecule has 2 N–H and O–H groups in total. The maximum absolute atomic E-state index is 12.9. The lowest BCUT2D eigenvalue weighted by Gasteiger charge is -2.14. The van der Waals surface area contributed by atoms with Crippen LogP contribution < -0.4 is 5.32 Å². The molecule has 0 aliphatic heterocycles. The largest absolute Gasteiger partial charge is 0.393 e. The zero-order valence-corrected chi connectivity index (χ0v) is 9.79. The molecule has 2 rings (SSSR count). The summed E-state index contributed by atoms with van der Waals surface area (Å²) in [6, 6.07) is 0. The molecule has 0 radical (unpaired) electrons. The highest BCUT2D eigenvalue weighted by molar-refractivity contribution is 5.79. The molecule has 0 aromatic carbocycles. The van der Waals surface area contributed by atoms with Crippen LogP contribution in [0.15, 0.2) is 0 Å². The summed E-state index contributed by atoms with van der Waals surface area (Å²) in [7, 11) is 0. The molecule has 17 heavy (non-hydrogen) atoms. The molecule has 2 saturated carbocycles. The predicted octanol–water partition coefficient (Wildman–Crippen LogP) is 1.70. The Labute approximate surface area is 99.6 Å². The zero-order valence-electron chi connectivity index (χ0n) is 9.79. The Morgan fingerprint density at radius 2 is 2.12 bits per heavy atom. The third kappa shape index (κ3) is 3.37. The lowest BCUT2D eigenvalue weighted by atomic mass is 10.1. The Kier molecular flexibility index (Phi) is 3.66. The van der Waals surface area contributed by atoms with Crippen LogP contribution in [0, 0.1) is 11.8 Å². The van der Waals surface area contributed by atoms with Crippen LogP contribution in [-0.4, -0.2) is 29.6 Å². The zero-order chi connectivity index (χ0) is 12.5. The Morgan fingerprint density at radius 3 is 2.65 bits per heavy atom. The highest BCUT2D eigenvalue weighted by Gasteiger charge is 2.42. The van der Waals surface area contributed by atoms with E-state index in [0.717, 1.165) is 12.8 Å². The van der Waals surface area contributed by atoms with E-state index < -0.39 is 11.8 Å². The van der Waals surface area contributed by atoms with Crippen molar-refractivity contribution < 1.29 is 18.7 Å². The molecule has 2 aliphatic rings. The monoisotopic (exact) mass is 247 g/mol. The fourth-order valence-corrected chi connectivity index (χ4v) is 2.80. The summed E-state index contributed by atoms with van der Waals surface area (Å²) in [5.41, 5.74) is 0. The van der Waals surface area contributed by atoms with Crippen molar-refractivity contribution in [3.05, 3.63) is 0 Å². The van der Waals surface area contributed by atoms with Gasteiger partial charge in [0.05, 0.1) is 6.10 Å². The summed E-state index contributed by atoms with van der Waals surface area (Å²) < 4.78 is 25.9. The third-order valence-corrected chi connectivity index (χ3v) is 3.85. The first-order valence-electron chi connectivity index (χ1n) is 6.30. The molecule has 5 heteroatoms. The Morgan fingerprint density at radius 1 is 1.35 bits per heavy atom. The van der Waals surface area contributed by atoms with Gasteiger partial charge in [-0.1, -0.05) is 0 Å². The van der Waals surface area contributed by atoms with Crippen LogP contribution in [0.25, 0.3) is 0 Å². The van der Waals surface area contributed by atoms with Gasteiger partial charge in [-0.2, -0.15) is 0 Å². The van der Waals surface area contributed by atoms with Crippen molar-refractivity contribution in [2.75, 3.05) is 6.54 Å². The van der Waals surface area contributed by atoms with E-state index in [0.29, 0.717) is 18.9 Å². The van der Waals surface area contributed by atoms with Gasteiger partial charge in [0.1, 0.15) is 0 Å².